The third kappa shape index (κ3) is 6.70. The Bertz CT molecular complexity index is 41.9. The van der Waals surface area contributed by atoms with E-state index in [0.29, 0.717) is 6.61 Å². The summed E-state index contributed by atoms with van der Waals surface area (Å²) in [6.45, 7) is 2.58. The van der Waals surface area contributed by atoms with Crippen molar-refractivity contribution in [2.45, 2.75) is 13.3 Å². The van der Waals surface area contributed by atoms with Crippen molar-refractivity contribution in [3.05, 3.63) is 0 Å². The monoisotopic (exact) mass is 140 g/mol. The molecule has 0 saturated heterocycles. The lowest BCUT2D eigenvalue weighted by Crippen LogP contribution is -1.80. The Morgan fingerprint density at radius 2 is 2.43 bits per heavy atom. The van der Waals surface area contributed by atoms with E-state index < -0.39 is 7.58 Å². The van der Waals surface area contributed by atoms with Gasteiger partial charge in [0.1, 0.15) is 0 Å². The third-order valence-electron chi connectivity index (χ3n) is 0.411. The molecule has 1 atom stereocenters. The number of hydrogen-bond donors (Lipinski definition) is 2. The lowest BCUT2D eigenvalue weighted by Gasteiger charge is -1.99. The fraction of sp³-hybridized carbons (Fsp3) is 1.00. The van der Waals surface area contributed by atoms with Crippen LogP contribution in [0.1, 0.15) is 13.3 Å². The molecule has 7 heavy (non-hydrogen) atoms. The summed E-state index contributed by atoms with van der Waals surface area (Å²) in [5.74, 6) is 0. The van der Waals surface area contributed by atoms with Crippen molar-refractivity contribution in [2.75, 3.05) is 6.61 Å². The van der Waals surface area contributed by atoms with Crippen LogP contribution in [-0.2, 0) is 4.52 Å². The Morgan fingerprint density at radius 1 is 1.86 bits per heavy atom. The molecule has 0 aliphatic heterocycles. The first-order valence-corrected chi connectivity index (χ1v) is 4.44. The second-order valence-electron chi connectivity index (χ2n) is 1.09. The zero-order chi connectivity index (χ0) is 5.70. The first-order chi connectivity index (χ1) is 3.27. The van der Waals surface area contributed by atoms with Gasteiger partial charge in [-0.1, -0.05) is 19.2 Å². The predicted molar refractivity (Wildman–Crippen MR) is 34.4 cm³/mol. The molecule has 0 aromatic heterocycles. The summed E-state index contributed by atoms with van der Waals surface area (Å²) in [6, 6.07) is 0. The van der Waals surface area contributed by atoms with E-state index in [2.05, 4.69) is 16.8 Å². The molecule has 44 valence electrons. The highest BCUT2D eigenvalue weighted by Gasteiger charge is 1.91. The van der Waals surface area contributed by atoms with Crippen LogP contribution in [0.3, 0.4) is 0 Å². The summed E-state index contributed by atoms with van der Waals surface area (Å²) in [6.07, 6.45) is 0.931. The van der Waals surface area contributed by atoms with E-state index in [1.54, 1.807) is 0 Å². The van der Waals surface area contributed by atoms with Gasteiger partial charge in [-0.2, -0.15) is 0 Å². The standard InChI is InChI=1S/C3H9O2PS/c1-2-3-5-6(4)7/h4,7H,2-3H2,1H3. The Hall–Kier alpha value is 0.700. The molecule has 0 heterocycles. The maximum atomic E-state index is 8.39. The highest BCUT2D eigenvalue weighted by molar-refractivity contribution is 8.41. The summed E-state index contributed by atoms with van der Waals surface area (Å²) in [4.78, 5) is 8.39. The van der Waals surface area contributed by atoms with Crippen molar-refractivity contribution in [3.8, 4) is 0 Å². The van der Waals surface area contributed by atoms with Gasteiger partial charge in [0.15, 0.2) is 0 Å². The van der Waals surface area contributed by atoms with Crippen molar-refractivity contribution in [1.29, 1.82) is 0 Å². The second kappa shape index (κ2) is 4.85. The fourth-order valence-electron chi connectivity index (χ4n) is 0.173. The van der Waals surface area contributed by atoms with Gasteiger partial charge in [-0.05, 0) is 6.42 Å². The fourth-order valence-corrected chi connectivity index (χ4v) is 0.764. The van der Waals surface area contributed by atoms with Crippen LogP contribution >= 0.6 is 19.8 Å². The summed E-state index contributed by atoms with van der Waals surface area (Å²) >= 11 is 3.63. The molecule has 0 amide bonds. The molecule has 0 aromatic rings. The van der Waals surface area contributed by atoms with Crippen molar-refractivity contribution < 1.29 is 9.42 Å². The normalized spacial score (nSPS) is 14.1. The van der Waals surface area contributed by atoms with Gasteiger partial charge in [-0.15, -0.1) is 0 Å². The number of thiol groups is 1. The van der Waals surface area contributed by atoms with Gasteiger partial charge in [0, 0.05) is 0 Å². The maximum absolute atomic E-state index is 8.39. The molecule has 0 fully saturated rings. The van der Waals surface area contributed by atoms with Gasteiger partial charge >= 0.3 is 0 Å². The van der Waals surface area contributed by atoms with Crippen LogP contribution in [0, 0.1) is 0 Å². The van der Waals surface area contributed by atoms with E-state index in [9.17, 15) is 0 Å². The smallest absolute Gasteiger partial charge is 0.232 e. The number of rotatable bonds is 3. The Kier molecular flexibility index (Phi) is 5.33. The van der Waals surface area contributed by atoms with E-state index in [1.165, 1.54) is 0 Å². The van der Waals surface area contributed by atoms with E-state index in [4.69, 9.17) is 4.89 Å². The molecule has 0 bridgehead atoms. The summed E-state index contributed by atoms with van der Waals surface area (Å²) in [5, 5.41) is 0. The molecule has 0 aliphatic carbocycles. The zero-order valence-electron chi connectivity index (χ0n) is 4.16. The van der Waals surface area contributed by atoms with E-state index in [-0.39, 0.29) is 0 Å². The predicted octanol–water partition coefficient (Wildman–Crippen LogP) is 1.56. The van der Waals surface area contributed by atoms with Crippen LogP contribution in [0.4, 0.5) is 0 Å². The van der Waals surface area contributed by atoms with Crippen LogP contribution in [-0.4, -0.2) is 11.5 Å². The third-order valence-corrected chi connectivity index (χ3v) is 1.17. The quantitative estimate of drug-likeness (QED) is 0.460. The average molecular weight is 140 g/mol. The Balaban J connectivity index is 2.68. The SMILES string of the molecule is CCCOP(O)S. The largest absolute Gasteiger partial charge is 0.342 e. The lowest BCUT2D eigenvalue weighted by molar-refractivity contribution is 0.322. The molecule has 1 unspecified atom stereocenters. The molecule has 0 radical (unpaired) electrons. The lowest BCUT2D eigenvalue weighted by atomic mass is 10.5. The van der Waals surface area contributed by atoms with Gasteiger partial charge in [0.05, 0.1) is 6.61 Å². The zero-order valence-corrected chi connectivity index (χ0v) is 5.95. The van der Waals surface area contributed by atoms with Crippen LogP contribution in [0.5, 0.6) is 0 Å². The molecule has 0 saturated carbocycles. The molecular formula is C3H9O2PS. The minimum absolute atomic E-state index is 0.603. The Labute approximate surface area is 50.0 Å². The highest BCUT2D eigenvalue weighted by Crippen LogP contribution is 2.35. The summed E-state index contributed by atoms with van der Waals surface area (Å²) in [7, 11) is -1.41. The molecule has 0 rings (SSSR count). The number of hydrogen-bond acceptors (Lipinski definition) is 3. The maximum Gasteiger partial charge on any atom is 0.232 e. The van der Waals surface area contributed by atoms with Gasteiger partial charge in [-0.3, -0.25) is 0 Å². The topological polar surface area (TPSA) is 29.5 Å². The molecular weight excluding hydrogens is 131 g/mol. The molecule has 2 nitrogen and oxygen atoms in total. The van der Waals surface area contributed by atoms with E-state index in [1.807, 2.05) is 6.92 Å². The van der Waals surface area contributed by atoms with Crippen molar-refractivity contribution in [3.63, 3.8) is 0 Å². The second-order valence-corrected chi connectivity index (χ2v) is 2.88. The Morgan fingerprint density at radius 3 is 2.57 bits per heavy atom. The summed E-state index contributed by atoms with van der Waals surface area (Å²) < 4.78 is 4.68. The first kappa shape index (κ1) is 7.70. The van der Waals surface area contributed by atoms with Gasteiger partial charge < -0.3 is 9.42 Å². The van der Waals surface area contributed by atoms with Gasteiger partial charge in [0.2, 0.25) is 7.58 Å². The molecule has 0 spiro atoms. The van der Waals surface area contributed by atoms with Crippen LogP contribution < -0.4 is 0 Å². The van der Waals surface area contributed by atoms with Gasteiger partial charge in [-0.25, -0.2) is 0 Å². The van der Waals surface area contributed by atoms with Crippen LogP contribution in [0.15, 0.2) is 0 Å². The minimum atomic E-state index is -1.41. The van der Waals surface area contributed by atoms with Crippen LogP contribution in [0.2, 0.25) is 0 Å². The first-order valence-electron chi connectivity index (χ1n) is 2.08. The highest BCUT2D eigenvalue weighted by atomic mass is 32.7. The van der Waals surface area contributed by atoms with Crippen molar-refractivity contribution in [2.24, 2.45) is 0 Å². The summed E-state index contributed by atoms with van der Waals surface area (Å²) in [5.41, 5.74) is 0. The van der Waals surface area contributed by atoms with Crippen molar-refractivity contribution in [1.82, 2.24) is 0 Å². The van der Waals surface area contributed by atoms with Gasteiger partial charge in [0.25, 0.3) is 0 Å². The molecule has 0 aromatic carbocycles. The average Bonchev–Trinajstić information content (AvgIpc) is 1.61. The van der Waals surface area contributed by atoms with E-state index >= 15 is 0 Å². The molecule has 4 heteroatoms. The molecule has 1 N–H and O–H groups in total. The molecule has 0 aliphatic rings. The van der Waals surface area contributed by atoms with Crippen molar-refractivity contribution >= 4 is 19.8 Å². The van der Waals surface area contributed by atoms with Crippen LogP contribution in [0.25, 0.3) is 0 Å². The minimum Gasteiger partial charge on any atom is -0.342 e. The van der Waals surface area contributed by atoms with E-state index in [0.717, 1.165) is 6.42 Å².